The van der Waals surface area contributed by atoms with Gasteiger partial charge < -0.3 is 19.8 Å². The standard InChI is InChI=1S/C19H31N3O3/c1-14(23)22(12-15-2-3-15)16-4-7-20(8-5-16)17-10-19(11-17)6-9-21(13-19)18(24)25/h15-17H,2-13H2,1H3,(H,24,25). The van der Waals surface area contributed by atoms with Gasteiger partial charge in [-0.05, 0) is 56.3 Å². The van der Waals surface area contributed by atoms with E-state index in [0.29, 0.717) is 18.6 Å². The maximum Gasteiger partial charge on any atom is 0.407 e. The Balaban J connectivity index is 1.24. The summed E-state index contributed by atoms with van der Waals surface area (Å²) in [5.41, 5.74) is 0.261. The number of carbonyl (C=O) groups excluding carboxylic acids is 1. The lowest BCUT2D eigenvalue weighted by Gasteiger charge is -2.52. The molecule has 140 valence electrons. The molecule has 4 fully saturated rings. The van der Waals surface area contributed by atoms with Crippen LogP contribution in [-0.2, 0) is 4.79 Å². The quantitative estimate of drug-likeness (QED) is 0.845. The van der Waals surface area contributed by atoms with Crippen LogP contribution in [0.4, 0.5) is 4.79 Å². The number of carboxylic acid groups (broad SMARTS) is 1. The lowest BCUT2D eigenvalue weighted by molar-refractivity contribution is -0.132. The summed E-state index contributed by atoms with van der Waals surface area (Å²) in [7, 11) is 0. The van der Waals surface area contributed by atoms with Crippen LogP contribution in [0.1, 0.15) is 51.9 Å². The predicted molar refractivity (Wildman–Crippen MR) is 94.4 cm³/mol. The highest BCUT2D eigenvalue weighted by Gasteiger charge is 2.51. The fourth-order valence-electron chi connectivity index (χ4n) is 5.31. The number of hydrogen-bond acceptors (Lipinski definition) is 3. The Labute approximate surface area is 150 Å². The van der Waals surface area contributed by atoms with Gasteiger partial charge in [-0.25, -0.2) is 4.79 Å². The molecule has 0 aromatic heterocycles. The molecule has 0 bridgehead atoms. The molecule has 4 rings (SSSR count). The second-order valence-electron chi connectivity index (χ2n) is 8.90. The van der Waals surface area contributed by atoms with Crippen LogP contribution in [0.25, 0.3) is 0 Å². The van der Waals surface area contributed by atoms with Crippen molar-refractivity contribution in [1.82, 2.24) is 14.7 Å². The molecule has 25 heavy (non-hydrogen) atoms. The van der Waals surface area contributed by atoms with Gasteiger partial charge in [0.15, 0.2) is 0 Å². The van der Waals surface area contributed by atoms with Crippen LogP contribution in [0.3, 0.4) is 0 Å². The van der Waals surface area contributed by atoms with Crippen LogP contribution in [0.5, 0.6) is 0 Å². The lowest BCUT2D eigenvalue weighted by Crippen LogP contribution is -2.56. The molecule has 0 aromatic carbocycles. The van der Waals surface area contributed by atoms with Gasteiger partial charge in [0.2, 0.25) is 5.91 Å². The number of amides is 2. The summed E-state index contributed by atoms with van der Waals surface area (Å²) in [6.07, 6.45) is 7.35. The molecule has 2 saturated heterocycles. The van der Waals surface area contributed by atoms with Crippen molar-refractivity contribution in [2.45, 2.75) is 64.0 Å². The van der Waals surface area contributed by atoms with Gasteiger partial charge in [-0.15, -0.1) is 0 Å². The number of rotatable bonds is 4. The molecular formula is C19H31N3O3. The minimum absolute atomic E-state index is 0.243. The van der Waals surface area contributed by atoms with Crippen molar-refractivity contribution in [2.24, 2.45) is 11.3 Å². The summed E-state index contributed by atoms with van der Waals surface area (Å²) < 4.78 is 0. The number of piperidine rings is 1. The molecule has 2 amide bonds. The molecule has 1 spiro atoms. The van der Waals surface area contributed by atoms with Crippen molar-refractivity contribution < 1.29 is 14.7 Å². The summed E-state index contributed by atoms with van der Waals surface area (Å²) in [6, 6.07) is 1.06. The first kappa shape index (κ1) is 17.1. The number of carbonyl (C=O) groups is 2. The summed E-state index contributed by atoms with van der Waals surface area (Å²) in [5.74, 6) is 1.00. The van der Waals surface area contributed by atoms with E-state index in [1.54, 1.807) is 11.8 Å². The summed E-state index contributed by atoms with van der Waals surface area (Å²) in [5, 5.41) is 9.16. The highest BCUT2D eigenvalue weighted by molar-refractivity contribution is 5.73. The van der Waals surface area contributed by atoms with Crippen LogP contribution < -0.4 is 0 Å². The Morgan fingerprint density at radius 2 is 1.80 bits per heavy atom. The van der Waals surface area contributed by atoms with Gasteiger partial charge in [0.1, 0.15) is 0 Å². The third kappa shape index (κ3) is 3.50. The van der Waals surface area contributed by atoms with Crippen LogP contribution in [0.15, 0.2) is 0 Å². The fraction of sp³-hybridized carbons (Fsp3) is 0.895. The molecule has 2 heterocycles. The maximum absolute atomic E-state index is 12.0. The van der Waals surface area contributed by atoms with E-state index < -0.39 is 6.09 Å². The molecule has 2 saturated carbocycles. The van der Waals surface area contributed by atoms with Crippen molar-refractivity contribution in [3.8, 4) is 0 Å². The molecule has 2 aliphatic carbocycles. The summed E-state index contributed by atoms with van der Waals surface area (Å²) in [6.45, 7) is 6.30. The van der Waals surface area contributed by atoms with E-state index in [9.17, 15) is 9.59 Å². The van der Waals surface area contributed by atoms with Crippen LogP contribution in [0, 0.1) is 11.3 Å². The molecular weight excluding hydrogens is 318 g/mol. The molecule has 1 N–H and O–H groups in total. The number of likely N-dealkylation sites (tertiary alicyclic amines) is 2. The Kier molecular flexibility index (Phi) is 4.42. The van der Waals surface area contributed by atoms with Crippen molar-refractivity contribution in [1.29, 1.82) is 0 Å². The topological polar surface area (TPSA) is 64.1 Å². The first-order valence-corrected chi connectivity index (χ1v) is 9.95. The van der Waals surface area contributed by atoms with E-state index in [1.807, 2.05) is 0 Å². The van der Waals surface area contributed by atoms with Gasteiger partial charge in [-0.2, -0.15) is 0 Å². The van der Waals surface area contributed by atoms with Gasteiger partial charge in [0.25, 0.3) is 0 Å². The minimum Gasteiger partial charge on any atom is -0.465 e. The third-order valence-electron chi connectivity index (χ3n) is 7.06. The van der Waals surface area contributed by atoms with Gasteiger partial charge in [-0.1, -0.05) is 0 Å². The summed E-state index contributed by atoms with van der Waals surface area (Å²) in [4.78, 5) is 29.5. The van der Waals surface area contributed by atoms with Crippen LogP contribution >= 0.6 is 0 Å². The highest BCUT2D eigenvalue weighted by atomic mass is 16.4. The molecule has 0 aromatic rings. The van der Waals surface area contributed by atoms with E-state index in [4.69, 9.17) is 5.11 Å². The van der Waals surface area contributed by atoms with Crippen molar-refractivity contribution in [3.05, 3.63) is 0 Å². The Hall–Kier alpha value is -1.30. The summed E-state index contributed by atoms with van der Waals surface area (Å²) >= 11 is 0. The Morgan fingerprint density at radius 3 is 2.32 bits per heavy atom. The smallest absolute Gasteiger partial charge is 0.407 e. The third-order valence-corrected chi connectivity index (χ3v) is 7.06. The lowest BCUT2D eigenvalue weighted by atomic mass is 9.64. The highest BCUT2D eigenvalue weighted by Crippen LogP contribution is 2.50. The Bertz CT molecular complexity index is 534. The maximum atomic E-state index is 12.0. The minimum atomic E-state index is -0.763. The van der Waals surface area contributed by atoms with E-state index in [0.717, 1.165) is 64.2 Å². The molecule has 0 atom stereocenters. The number of hydrogen-bond donors (Lipinski definition) is 1. The molecule has 0 radical (unpaired) electrons. The van der Waals surface area contributed by atoms with Gasteiger partial charge >= 0.3 is 6.09 Å². The first-order valence-electron chi connectivity index (χ1n) is 9.95. The number of nitrogens with zero attached hydrogens (tertiary/aromatic N) is 3. The zero-order valence-electron chi connectivity index (χ0n) is 15.3. The average Bonchev–Trinajstić information content (AvgIpc) is 3.25. The normalized spacial score (nSPS) is 33.5. The molecule has 0 unspecified atom stereocenters. The molecule has 2 aliphatic heterocycles. The van der Waals surface area contributed by atoms with Gasteiger partial charge in [0.05, 0.1) is 0 Å². The molecule has 6 heteroatoms. The van der Waals surface area contributed by atoms with E-state index in [1.165, 1.54) is 12.8 Å². The van der Waals surface area contributed by atoms with Gasteiger partial charge in [0, 0.05) is 51.7 Å². The van der Waals surface area contributed by atoms with Crippen molar-refractivity contribution >= 4 is 12.0 Å². The van der Waals surface area contributed by atoms with Crippen LogP contribution in [-0.4, -0.2) is 76.6 Å². The van der Waals surface area contributed by atoms with Gasteiger partial charge in [-0.3, -0.25) is 4.79 Å². The largest absolute Gasteiger partial charge is 0.465 e. The fourth-order valence-corrected chi connectivity index (χ4v) is 5.31. The zero-order chi connectivity index (χ0) is 17.6. The van der Waals surface area contributed by atoms with E-state index in [-0.39, 0.29) is 11.3 Å². The second-order valence-corrected chi connectivity index (χ2v) is 8.90. The first-order chi connectivity index (χ1) is 12.0. The van der Waals surface area contributed by atoms with E-state index in [2.05, 4.69) is 9.80 Å². The SMILES string of the molecule is CC(=O)N(CC1CC1)C1CCN(C2CC3(CCN(C(=O)O)C3)C2)CC1. The average molecular weight is 349 g/mol. The predicted octanol–water partition coefficient (Wildman–Crippen LogP) is 2.24. The van der Waals surface area contributed by atoms with E-state index >= 15 is 0 Å². The second kappa shape index (κ2) is 6.45. The monoisotopic (exact) mass is 349 g/mol. The zero-order valence-corrected chi connectivity index (χ0v) is 15.3. The van der Waals surface area contributed by atoms with Crippen molar-refractivity contribution in [3.63, 3.8) is 0 Å². The molecule has 4 aliphatic rings. The Morgan fingerprint density at radius 1 is 1.12 bits per heavy atom. The van der Waals surface area contributed by atoms with Crippen molar-refractivity contribution in [2.75, 3.05) is 32.7 Å². The molecule has 6 nitrogen and oxygen atoms in total. The van der Waals surface area contributed by atoms with Crippen LogP contribution in [0.2, 0.25) is 0 Å².